The highest BCUT2D eigenvalue weighted by atomic mass is 35.5. The van der Waals surface area contributed by atoms with Crippen molar-refractivity contribution in [2.24, 2.45) is 0 Å². The van der Waals surface area contributed by atoms with Gasteiger partial charge in [0.05, 0.1) is 5.02 Å². The molecular formula is C20H15ClN2O6. The number of carbonyl (C=O) groups excluding carboxylic acids is 2. The monoisotopic (exact) mass is 414 g/mol. The van der Waals surface area contributed by atoms with Gasteiger partial charge in [0.15, 0.2) is 28.8 Å². The molecule has 3 aromatic rings. The van der Waals surface area contributed by atoms with Gasteiger partial charge in [0.1, 0.15) is 5.75 Å². The second-order valence-corrected chi connectivity index (χ2v) is 6.99. The number of hydrogen-bond donors (Lipinski definition) is 1. The molecule has 8 nitrogen and oxygen atoms in total. The number of hydrogen-bond acceptors (Lipinski definition) is 8. The Bertz CT molecular complexity index is 1130. The van der Waals surface area contributed by atoms with Crippen LogP contribution in [0.25, 0.3) is 11.1 Å². The maximum absolute atomic E-state index is 12.0. The van der Waals surface area contributed by atoms with Crippen LogP contribution in [0.3, 0.4) is 0 Å². The first-order valence-corrected chi connectivity index (χ1v) is 8.93. The van der Waals surface area contributed by atoms with E-state index in [0.29, 0.717) is 33.3 Å². The molecule has 148 valence electrons. The van der Waals surface area contributed by atoms with Crippen molar-refractivity contribution in [2.75, 3.05) is 5.32 Å². The predicted octanol–water partition coefficient (Wildman–Crippen LogP) is 4.41. The highest BCUT2D eigenvalue weighted by Gasteiger charge is 2.38. The van der Waals surface area contributed by atoms with E-state index in [1.807, 2.05) is 0 Å². The molecule has 0 spiro atoms. The van der Waals surface area contributed by atoms with Gasteiger partial charge < -0.3 is 23.9 Å². The molecule has 1 N–H and O–H groups in total. The van der Waals surface area contributed by atoms with Crippen LogP contribution in [0.15, 0.2) is 59.0 Å². The highest BCUT2D eigenvalue weighted by molar-refractivity contribution is 6.32. The third kappa shape index (κ3) is 3.88. The van der Waals surface area contributed by atoms with Crippen molar-refractivity contribution in [3.63, 3.8) is 0 Å². The quantitative estimate of drug-likeness (QED) is 0.381. The molecule has 1 fully saturated rings. The molecule has 2 heterocycles. The molecule has 1 aliphatic rings. The molecule has 0 aliphatic carbocycles. The van der Waals surface area contributed by atoms with Crippen LogP contribution < -0.4 is 10.1 Å². The number of halogens is 1. The summed E-state index contributed by atoms with van der Waals surface area (Å²) in [6.07, 6.45) is 2.55. The van der Waals surface area contributed by atoms with Gasteiger partial charge in [-0.25, -0.2) is 14.6 Å². The molecule has 0 amide bonds. The Morgan fingerprint density at radius 3 is 2.59 bits per heavy atom. The molecule has 1 aliphatic heterocycles. The van der Waals surface area contributed by atoms with E-state index in [9.17, 15) is 9.59 Å². The van der Waals surface area contributed by atoms with Crippen LogP contribution in [0, 0.1) is 0 Å². The number of rotatable bonds is 4. The maximum atomic E-state index is 12.0. The number of oxazole rings is 1. The summed E-state index contributed by atoms with van der Waals surface area (Å²) in [5.74, 6) is -1.94. The van der Waals surface area contributed by atoms with Crippen molar-refractivity contribution in [1.82, 2.24) is 4.98 Å². The minimum atomic E-state index is -1.29. The van der Waals surface area contributed by atoms with Crippen LogP contribution in [0.5, 0.6) is 11.5 Å². The summed E-state index contributed by atoms with van der Waals surface area (Å²) < 4.78 is 21.2. The number of cyclic esters (lactones) is 2. The number of nitrogens with one attached hydrogen (secondary N) is 1. The first-order chi connectivity index (χ1) is 13.8. The standard InChI is InChI=1S/C20H15ClN2O6/c1-20(2)28-18(24)12(19(25)29-20)9-22-11-6-7-14(13(21)8-11)27-16-5-3-4-15-17(16)23-10-26-15/h3-10,22H,1-2H3. The van der Waals surface area contributed by atoms with Crippen molar-refractivity contribution < 1.29 is 28.2 Å². The molecule has 1 saturated heterocycles. The molecule has 0 unspecified atom stereocenters. The number of para-hydroxylation sites is 1. The summed E-state index contributed by atoms with van der Waals surface area (Å²) in [6.45, 7) is 2.95. The zero-order chi connectivity index (χ0) is 20.6. The largest absolute Gasteiger partial charge is 0.453 e. The van der Waals surface area contributed by atoms with Gasteiger partial charge >= 0.3 is 11.9 Å². The van der Waals surface area contributed by atoms with Crippen LogP contribution in [-0.4, -0.2) is 22.7 Å². The molecule has 0 radical (unpaired) electrons. The van der Waals surface area contributed by atoms with E-state index in [1.54, 1.807) is 36.4 Å². The summed E-state index contributed by atoms with van der Waals surface area (Å²) in [7, 11) is 0. The lowest BCUT2D eigenvalue weighted by Crippen LogP contribution is -2.42. The summed E-state index contributed by atoms with van der Waals surface area (Å²) in [4.78, 5) is 28.0. The van der Waals surface area contributed by atoms with E-state index in [4.69, 9.17) is 30.2 Å². The Hall–Kier alpha value is -3.52. The summed E-state index contributed by atoms with van der Waals surface area (Å²) in [5.41, 5.74) is 1.45. The first-order valence-electron chi connectivity index (χ1n) is 8.55. The molecule has 0 saturated carbocycles. The van der Waals surface area contributed by atoms with Crippen molar-refractivity contribution in [3.05, 3.63) is 59.6 Å². The molecule has 29 heavy (non-hydrogen) atoms. The lowest BCUT2D eigenvalue weighted by Gasteiger charge is -2.29. The fraction of sp³-hybridized carbons (Fsp3) is 0.150. The summed E-state index contributed by atoms with van der Waals surface area (Å²) >= 11 is 6.31. The van der Waals surface area contributed by atoms with Crippen LogP contribution in [-0.2, 0) is 19.1 Å². The SMILES string of the molecule is CC1(C)OC(=O)C(=CNc2ccc(Oc3cccc4ocnc34)c(Cl)c2)C(=O)O1. The highest BCUT2D eigenvalue weighted by Crippen LogP contribution is 2.34. The van der Waals surface area contributed by atoms with Gasteiger partial charge in [-0.05, 0) is 30.3 Å². The fourth-order valence-corrected chi connectivity index (χ4v) is 2.89. The van der Waals surface area contributed by atoms with E-state index in [-0.39, 0.29) is 5.57 Å². The van der Waals surface area contributed by atoms with E-state index < -0.39 is 17.7 Å². The Morgan fingerprint density at radius 1 is 1.10 bits per heavy atom. The molecule has 1 aromatic heterocycles. The van der Waals surface area contributed by atoms with Gasteiger partial charge in [-0.1, -0.05) is 17.7 Å². The van der Waals surface area contributed by atoms with Gasteiger partial charge in [-0.2, -0.15) is 0 Å². The number of esters is 2. The van der Waals surface area contributed by atoms with E-state index >= 15 is 0 Å². The van der Waals surface area contributed by atoms with Crippen LogP contribution in [0.1, 0.15) is 13.8 Å². The molecule has 0 bridgehead atoms. The fourth-order valence-electron chi connectivity index (χ4n) is 2.67. The Morgan fingerprint density at radius 2 is 1.86 bits per heavy atom. The first kappa shape index (κ1) is 18.8. The third-order valence-electron chi connectivity index (χ3n) is 3.98. The topological polar surface area (TPSA) is 99.9 Å². The lowest BCUT2D eigenvalue weighted by atomic mass is 10.2. The van der Waals surface area contributed by atoms with Gasteiger partial charge in [-0.15, -0.1) is 0 Å². The molecule has 0 atom stereocenters. The Kier molecular flexibility index (Phi) is 4.63. The molecule has 4 rings (SSSR count). The number of aromatic nitrogens is 1. The van der Waals surface area contributed by atoms with Crippen molar-refractivity contribution in [2.45, 2.75) is 19.6 Å². The van der Waals surface area contributed by atoms with Crippen molar-refractivity contribution in [3.8, 4) is 11.5 Å². The normalized spacial score (nSPS) is 15.6. The third-order valence-corrected chi connectivity index (χ3v) is 4.27. The van der Waals surface area contributed by atoms with Crippen LogP contribution in [0.4, 0.5) is 5.69 Å². The molecule has 2 aromatic carbocycles. The molecular weight excluding hydrogens is 400 g/mol. The van der Waals surface area contributed by atoms with Crippen LogP contribution in [0.2, 0.25) is 5.02 Å². The number of anilines is 1. The second-order valence-electron chi connectivity index (χ2n) is 6.58. The molecule has 9 heteroatoms. The van der Waals surface area contributed by atoms with Crippen molar-refractivity contribution >= 4 is 40.3 Å². The van der Waals surface area contributed by atoms with E-state index in [1.165, 1.54) is 26.4 Å². The Balaban J connectivity index is 1.51. The number of fused-ring (bicyclic) bond motifs is 1. The minimum Gasteiger partial charge on any atom is -0.453 e. The van der Waals surface area contributed by atoms with E-state index in [0.717, 1.165) is 0 Å². The van der Waals surface area contributed by atoms with Crippen LogP contribution >= 0.6 is 11.6 Å². The summed E-state index contributed by atoms with van der Waals surface area (Å²) in [5, 5.41) is 3.14. The maximum Gasteiger partial charge on any atom is 0.350 e. The number of nitrogens with zero attached hydrogens (tertiary/aromatic N) is 1. The van der Waals surface area contributed by atoms with Gasteiger partial charge in [0.25, 0.3) is 5.79 Å². The average Bonchev–Trinajstić information content (AvgIpc) is 3.12. The lowest BCUT2D eigenvalue weighted by molar-refractivity contribution is -0.222. The second kappa shape index (κ2) is 7.14. The van der Waals surface area contributed by atoms with E-state index in [2.05, 4.69) is 10.3 Å². The zero-order valence-electron chi connectivity index (χ0n) is 15.4. The predicted molar refractivity (Wildman–Crippen MR) is 104 cm³/mol. The van der Waals surface area contributed by atoms with Gasteiger partial charge in [0.2, 0.25) is 0 Å². The number of ether oxygens (including phenoxy) is 3. The van der Waals surface area contributed by atoms with Gasteiger partial charge in [-0.3, -0.25) is 0 Å². The minimum absolute atomic E-state index is 0.251. The zero-order valence-corrected chi connectivity index (χ0v) is 16.1. The smallest absolute Gasteiger partial charge is 0.350 e. The summed E-state index contributed by atoms with van der Waals surface area (Å²) in [6, 6.07) is 10.2. The van der Waals surface area contributed by atoms with Gasteiger partial charge in [0, 0.05) is 25.7 Å². The number of carbonyl (C=O) groups is 2. The average molecular weight is 415 g/mol. The Labute approximate surface area is 170 Å². The number of benzene rings is 2. The van der Waals surface area contributed by atoms with Crippen molar-refractivity contribution in [1.29, 1.82) is 0 Å².